The smallest absolute Gasteiger partial charge is 0.341 e. The monoisotopic (exact) mass is 378 g/mol. The van der Waals surface area contributed by atoms with E-state index in [1.165, 1.54) is 17.8 Å². The van der Waals surface area contributed by atoms with Gasteiger partial charge in [-0.25, -0.2) is 14.3 Å². The van der Waals surface area contributed by atoms with Gasteiger partial charge in [0.25, 0.3) is 5.91 Å². The number of carbonyl (C=O) groups is 2. The number of furan rings is 1. The van der Waals surface area contributed by atoms with Gasteiger partial charge < -0.3 is 14.5 Å². The first kappa shape index (κ1) is 17.7. The molecule has 0 saturated carbocycles. The predicted octanol–water partition coefficient (Wildman–Crippen LogP) is 2.75. The number of hydrogen-bond acceptors (Lipinski definition) is 6. The summed E-state index contributed by atoms with van der Waals surface area (Å²) in [5.41, 5.74) is 2.68. The van der Waals surface area contributed by atoms with Crippen LogP contribution in [0.25, 0.3) is 16.6 Å². The number of amides is 1. The molecule has 28 heavy (non-hydrogen) atoms. The third-order valence-electron chi connectivity index (χ3n) is 4.49. The molecule has 142 valence electrons. The lowest BCUT2D eigenvalue weighted by Gasteiger charge is -2.03. The molecular weight excluding hydrogens is 360 g/mol. The maximum absolute atomic E-state index is 12.5. The Morgan fingerprint density at radius 3 is 2.89 bits per heavy atom. The van der Waals surface area contributed by atoms with E-state index >= 15 is 0 Å². The van der Waals surface area contributed by atoms with E-state index in [-0.39, 0.29) is 12.5 Å². The van der Waals surface area contributed by atoms with E-state index in [0.717, 1.165) is 17.4 Å². The largest absolute Gasteiger partial charge is 0.465 e. The Balaban J connectivity index is 1.60. The first-order valence-corrected chi connectivity index (χ1v) is 8.81. The quantitative estimate of drug-likeness (QED) is 0.536. The van der Waals surface area contributed by atoms with E-state index in [1.807, 2.05) is 19.1 Å². The fourth-order valence-electron chi connectivity index (χ4n) is 3.07. The molecule has 0 aliphatic heterocycles. The van der Waals surface area contributed by atoms with E-state index < -0.39 is 5.97 Å². The van der Waals surface area contributed by atoms with Crippen molar-refractivity contribution < 1.29 is 18.7 Å². The molecule has 0 saturated heterocycles. The fourth-order valence-corrected chi connectivity index (χ4v) is 3.07. The van der Waals surface area contributed by atoms with Gasteiger partial charge in [0.15, 0.2) is 5.65 Å². The number of rotatable bonds is 5. The third kappa shape index (κ3) is 3.09. The number of aromatic nitrogens is 3. The zero-order valence-electron chi connectivity index (χ0n) is 15.4. The highest BCUT2D eigenvalue weighted by atomic mass is 16.5. The second-order valence-corrected chi connectivity index (χ2v) is 6.25. The maximum atomic E-state index is 12.5. The number of carbonyl (C=O) groups excluding carboxylic acids is 2. The van der Waals surface area contributed by atoms with E-state index in [0.29, 0.717) is 28.1 Å². The van der Waals surface area contributed by atoms with E-state index in [2.05, 4.69) is 15.4 Å². The van der Waals surface area contributed by atoms with Crippen LogP contribution in [0.4, 0.5) is 0 Å². The van der Waals surface area contributed by atoms with Crippen LogP contribution < -0.4 is 5.32 Å². The molecule has 1 aromatic carbocycles. The molecule has 0 fully saturated rings. The minimum Gasteiger partial charge on any atom is -0.465 e. The van der Waals surface area contributed by atoms with Crippen molar-refractivity contribution in [2.45, 2.75) is 19.9 Å². The summed E-state index contributed by atoms with van der Waals surface area (Å²) in [6.07, 6.45) is 5.57. The molecule has 0 aliphatic rings. The number of aryl methyl sites for hydroxylation is 1. The molecule has 4 aromatic rings. The average molecular weight is 378 g/mol. The Labute approximate surface area is 160 Å². The van der Waals surface area contributed by atoms with Gasteiger partial charge >= 0.3 is 5.97 Å². The number of nitrogens with one attached hydrogen (secondary N) is 1. The van der Waals surface area contributed by atoms with Gasteiger partial charge in [-0.3, -0.25) is 4.79 Å². The van der Waals surface area contributed by atoms with E-state index in [9.17, 15) is 9.59 Å². The number of hydrogen-bond donors (Lipinski definition) is 1. The first-order chi connectivity index (χ1) is 13.6. The highest BCUT2D eigenvalue weighted by molar-refractivity contribution is 6.02. The number of benzene rings is 1. The molecule has 0 bridgehead atoms. The molecule has 3 aromatic heterocycles. The SMILES string of the molecule is CCc1cc(C(=O)OC)c2oc(CNC(=O)c3cnn4cccnc34)cc2c1. The minimum atomic E-state index is -0.456. The number of esters is 1. The highest BCUT2D eigenvalue weighted by Crippen LogP contribution is 2.26. The number of ether oxygens (including phenoxy) is 1. The van der Waals surface area contributed by atoms with Crippen LogP contribution in [0.15, 0.2) is 47.3 Å². The fraction of sp³-hybridized carbons (Fsp3) is 0.200. The summed E-state index contributed by atoms with van der Waals surface area (Å²) in [5.74, 6) is -0.231. The van der Waals surface area contributed by atoms with Crippen molar-refractivity contribution in [2.75, 3.05) is 7.11 Å². The summed E-state index contributed by atoms with van der Waals surface area (Å²) in [6.45, 7) is 2.17. The number of nitrogens with zero attached hydrogens (tertiary/aromatic N) is 3. The first-order valence-electron chi connectivity index (χ1n) is 8.81. The summed E-state index contributed by atoms with van der Waals surface area (Å²) in [5, 5.41) is 7.70. The van der Waals surface area contributed by atoms with E-state index in [1.54, 1.807) is 24.5 Å². The summed E-state index contributed by atoms with van der Waals surface area (Å²) in [6, 6.07) is 7.28. The molecular formula is C20H18N4O4. The van der Waals surface area contributed by atoms with Crippen molar-refractivity contribution in [1.29, 1.82) is 0 Å². The van der Waals surface area contributed by atoms with Crippen molar-refractivity contribution in [2.24, 2.45) is 0 Å². The van der Waals surface area contributed by atoms with Gasteiger partial charge in [-0.2, -0.15) is 5.10 Å². The zero-order valence-corrected chi connectivity index (χ0v) is 15.4. The lowest BCUT2D eigenvalue weighted by Crippen LogP contribution is -2.22. The number of fused-ring (bicyclic) bond motifs is 2. The molecule has 0 aliphatic carbocycles. The molecule has 8 nitrogen and oxygen atoms in total. The summed E-state index contributed by atoms with van der Waals surface area (Å²) in [4.78, 5) is 28.8. The van der Waals surface area contributed by atoms with Crippen LogP contribution in [0, 0.1) is 0 Å². The predicted molar refractivity (Wildman–Crippen MR) is 101 cm³/mol. The van der Waals surface area contributed by atoms with Crippen LogP contribution >= 0.6 is 0 Å². The topological polar surface area (TPSA) is 98.7 Å². The third-order valence-corrected chi connectivity index (χ3v) is 4.49. The molecule has 1 N–H and O–H groups in total. The Kier molecular flexibility index (Phi) is 4.52. The van der Waals surface area contributed by atoms with Gasteiger partial charge in [-0.05, 0) is 36.2 Å². The highest BCUT2D eigenvalue weighted by Gasteiger charge is 2.18. The normalized spacial score (nSPS) is 11.1. The molecule has 1 amide bonds. The van der Waals surface area contributed by atoms with Gasteiger partial charge in [0.05, 0.1) is 19.9 Å². The Bertz CT molecular complexity index is 1190. The second-order valence-electron chi connectivity index (χ2n) is 6.25. The molecule has 0 unspecified atom stereocenters. The average Bonchev–Trinajstić information content (AvgIpc) is 3.34. The van der Waals surface area contributed by atoms with Crippen molar-refractivity contribution in [1.82, 2.24) is 19.9 Å². The van der Waals surface area contributed by atoms with Crippen molar-refractivity contribution >= 4 is 28.5 Å². The van der Waals surface area contributed by atoms with Crippen molar-refractivity contribution in [3.05, 3.63) is 65.3 Å². The second kappa shape index (κ2) is 7.15. The summed E-state index contributed by atoms with van der Waals surface area (Å²) >= 11 is 0. The molecule has 3 heterocycles. The molecule has 0 radical (unpaired) electrons. The number of methoxy groups -OCH3 is 1. The Morgan fingerprint density at radius 2 is 2.11 bits per heavy atom. The lowest BCUT2D eigenvalue weighted by molar-refractivity contribution is 0.0601. The van der Waals surface area contributed by atoms with Crippen LogP contribution in [-0.4, -0.2) is 33.6 Å². The van der Waals surface area contributed by atoms with Gasteiger partial charge in [-0.15, -0.1) is 0 Å². The van der Waals surface area contributed by atoms with Crippen LogP contribution in [-0.2, 0) is 17.7 Å². The van der Waals surface area contributed by atoms with Gasteiger partial charge in [-0.1, -0.05) is 6.92 Å². The summed E-state index contributed by atoms with van der Waals surface area (Å²) in [7, 11) is 1.33. The van der Waals surface area contributed by atoms with Gasteiger partial charge in [0.2, 0.25) is 0 Å². The minimum absolute atomic E-state index is 0.166. The summed E-state index contributed by atoms with van der Waals surface area (Å²) < 4.78 is 12.2. The van der Waals surface area contributed by atoms with Crippen LogP contribution in [0.1, 0.15) is 39.0 Å². The van der Waals surface area contributed by atoms with Gasteiger partial charge in [0, 0.05) is 17.8 Å². The molecule has 8 heteroatoms. The molecule has 0 atom stereocenters. The van der Waals surface area contributed by atoms with Crippen LogP contribution in [0.3, 0.4) is 0 Å². The maximum Gasteiger partial charge on any atom is 0.341 e. The Hall–Kier alpha value is -3.68. The van der Waals surface area contributed by atoms with Crippen molar-refractivity contribution in [3.63, 3.8) is 0 Å². The lowest BCUT2D eigenvalue weighted by atomic mass is 10.1. The van der Waals surface area contributed by atoms with Crippen LogP contribution in [0.5, 0.6) is 0 Å². The Morgan fingerprint density at radius 1 is 1.25 bits per heavy atom. The molecule has 4 rings (SSSR count). The van der Waals surface area contributed by atoms with Gasteiger partial charge in [0.1, 0.15) is 22.5 Å². The van der Waals surface area contributed by atoms with Crippen LogP contribution in [0.2, 0.25) is 0 Å². The molecule has 0 spiro atoms. The van der Waals surface area contributed by atoms with E-state index in [4.69, 9.17) is 9.15 Å². The zero-order chi connectivity index (χ0) is 19.7. The van der Waals surface area contributed by atoms with Crippen molar-refractivity contribution in [3.8, 4) is 0 Å². The standard InChI is InChI=1S/C20H18N4O4/c1-3-12-7-13-9-14(28-17(13)15(8-12)20(26)27-2)10-22-19(25)16-11-23-24-6-4-5-21-18(16)24/h4-9,11H,3,10H2,1-2H3,(H,22,25).